The second-order valence-electron chi connectivity index (χ2n) is 5.36. The van der Waals surface area contributed by atoms with Crippen LogP contribution in [0.1, 0.15) is 39.0 Å². The second kappa shape index (κ2) is 6.59. The fraction of sp³-hybridized carbons (Fsp3) is 0.571. The van der Waals surface area contributed by atoms with Crippen molar-refractivity contribution in [3.8, 4) is 0 Å². The van der Waals surface area contributed by atoms with Gasteiger partial charge in [0.25, 0.3) is 11.8 Å². The molecule has 1 heterocycles. The fourth-order valence-corrected chi connectivity index (χ4v) is 2.69. The summed E-state index contributed by atoms with van der Waals surface area (Å²) < 4.78 is 4.65. The van der Waals surface area contributed by atoms with Gasteiger partial charge in [0.15, 0.2) is 6.61 Å². The highest BCUT2D eigenvalue weighted by Crippen LogP contribution is 2.32. The van der Waals surface area contributed by atoms with Crippen molar-refractivity contribution >= 4 is 23.8 Å². The van der Waals surface area contributed by atoms with Gasteiger partial charge in [-0.15, -0.1) is 0 Å². The van der Waals surface area contributed by atoms with Gasteiger partial charge in [-0.3, -0.25) is 15.0 Å². The Morgan fingerprint density at radius 3 is 2.64 bits per heavy atom. The van der Waals surface area contributed by atoms with Crippen LogP contribution in [0.25, 0.3) is 0 Å². The quantitative estimate of drug-likeness (QED) is 0.444. The summed E-state index contributed by atoms with van der Waals surface area (Å²) in [6.45, 7) is 1.07. The molecular weight excluding hydrogens is 290 g/mol. The third-order valence-electron chi connectivity index (χ3n) is 3.75. The lowest BCUT2D eigenvalue weighted by Crippen LogP contribution is -2.51. The van der Waals surface area contributed by atoms with Gasteiger partial charge >= 0.3 is 12.0 Å². The topological polar surface area (TPSA) is 105 Å². The van der Waals surface area contributed by atoms with E-state index >= 15 is 0 Å². The molecule has 0 unspecified atom stereocenters. The Kier molecular flexibility index (Phi) is 4.79. The van der Waals surface area contributed by atoms with E-state index in [0.29, 0.717) is 17.9 Å². The summed E-state index contributed by atoms with van der Waals surface area (Å²) in [6.07, 6.45) is 6.52. The summed E-state index contributed by atoms with van der Waals surface area (Å²) in [4.78, 5) is 47.1. The maximum absolute atomic E-state index is 12.4. The predicted octanol–water partition coefficient (Wildman–Crippen LogP) is 0.392. The molecule has 1 saturated heterocycles. The van der Waals surface area contributed by atoms with Crippen molar-refractivity contribution in [1.82, 2.24) is 15.8 Å². The van der Waals surface area contributed by atoms with Crippen molar-refractivity contribution in [2.75, 3.05) is 6.61 Å². The van der Waals surface area contributed by atoms with Crippen LogP contribution in [0.5, 0.6) is 0 Å². The van der Waals surface area contributed by atoms with Gasteiger partial charge in [-0.05, 0) is 19.8 Å². The zero-order valence-corrected chi connectivity index (χ0v) is 12.4. The number of carbonyl (C=O) groups excluding carboxylic acids is 4. The van der Waals surface area contributed by atoms with Crippen LogP contribution in [0.15, 0.2) is 12.2 Å². The van der Waals surface area contributed by atoms with Gasteiger partial charge in [-0.25, -0.2) is 9.59 Å². The average molecular weight is 309 g/mol. The highest BCUT2D eigenvalue weighted by molar-refractivity contribution is 6.08. The molecule has 0 atom stereocenters. The molecule has 1 spiro atoms. The third kappa shape index (κ3) is 3.26. The molecule has 0 radical (unpaired) electrons. The molecule has 0 aromatic heterocycles. The summed E-state index contributed by atoms with van der Waals surface area (Å²) in [5, 5.41) is 3.34. The SMILES string of the molecule is C/C=C/C(=O)OCC(=O)NN1C(=O)NC2(CCCCC2)C1=O. The number of allylic oxidation sites excluding steroid dienone is 1. The molecule has 1 aliphatic carbocycles. The first-order chi connectivity index (χ1) is 10.5. The Bertz CT molecular complexity index is 523. The Morgan fingerprint density at radius 1 is 1.32 bits per heavy atom. The van der Waals surface area contributed by atoms with Crippen LogP contribution in [0.3, 0.4) is 0 Å². The van der Waals surface area contributed by atoms with Crippen LogP contribution in [0.4, 0.5) is 4.79 Å². The number of hydrogen-bond acceptors (Lipinski definition) is 5. The highest BCUT2D eigenvalue weighted by atomic mass is 16.5. The van der Waals surface area contributed by atoms with E-state index in [1.54, 1.807) is 6.92 Å². The molecule has 120 valence electrons. The first-order valence-electron chi connectivity index (χ1n) is 7.24. The molecule has 2 aliphatic rings. The van der Waals surface area contributed by atoms with Crippen LogP contribution >= 0.6 is 0 Å². The summed E-state index contributed by atoms with van der Waals surface area (Å²) in [7, 11) is 0. The molecule has 0 bridgehead atoms. The smallest absolute Gasteiger partial charge is 0.344 e. The summed E-state index contributed by atoms with van der Waals surface area (Å²) in [6, 6.07) is -0.653. The minimum Gasteiger partial charge on any atom is -0.452 e. The van der Waals surface area contributed by atoms with E-state index < -0.39 is 36.0 Å². The average Bonchev–Trinajstić information content (AvgIpc) is 2.71. The Labute approximate surface area is 127 Å². The van der Waals surface area contributed by atoms with E-state index in [-0.39, 0.29) is 0 Å². The molecule has 8 nitrogen and oxygen atoms in total. The lowest BCUT2D eigenvalue weighted by molar-refractivity contribution is -0.147. The molecule has 1 saturated carbocycles. The first-order valence-corrected chi connectivity index (χ1v) is 7.24. The molecule has 0 aromatic rings. The molecule has 0 aromatic carbocycles. The van der Waals surface area contributed by atoms with Crippen molar-refractivity contribution in [1.29, 1.82) is 0 Å². The van der Waals surface area contributed by atoms with Crippen molar-refractivity contribution in [3.63, 3.8) is 0 Å². The molecule has 22 heavy (non-hydrogen) atoms. The number of rotatable bonds is 4. The van der Waals surface area contributed by atoms with Crippen LogP contribution < -0.4 is 10.7 Å². The number of hydrogen-bond donors (Lipinski definition) is 2. The molecule has 4 amide bonds. The van der Waals surface area contributed by atoms with Gasteiger partial charge in [0.2, 0.25) is 0 Å². The molecule has 1 aliphatic heterocycles. The number of imide groups is 1. The van der Waals surface area contributed by atoms with E-state index in [4.69, 9.17) is 0 Å². The van der Waals surface area contributed by atoms with Crippen LogP contribution in [-0.2, 0) is 19.1 Å². The number of carbonyl (C=O) groups is 4. The van der Waals surface area contributed by atoms with E-state index in [0.717, 1.165) is 25.3 Å². The zero-order chi connectivity index (χ0) is 16.2. The number of amides is 4. The Morgan fingerprint density at radius 2 is 2.00 bits per heavy atom. The van der Waals surface area contributed by atoms with Gasteiger partial charge in [-0.1, -0.05) is 25.3 Å². The molecule has 8 heteroatoms. The maximum atomic E-state index is 12.4. The monoisotopic (exact) mass is 309 g/mol. The minimum absolute atomic E-state index is 0.453. The van der Waals surface area contributed by atoms with Gasteiger partial charge in [-0.2, -0.15) is 5.01 Å². The van der Waals surface area contributed by atoms with E-state index in [1.165, 1.54) is 6.08 Å². The first kappa shape index (κ1) is 16.0. The molecular formula is C14H19N3O5. The second-order valence-corrected chi connectivity index (χ2v) is 5.36. The van der Waals surface area contributed by atoms with Gasteiger partial charge in [0.1, 0.15) is 5.54 Å². The van der Waals surface area contributed by atoms with Crippen molar-refractivity contribution in [2.24, 2.45) is 0 Å². The molecule has 2 rings (SSSR count). The van der Waals surface area contributed by atoms with Crippen LogP contribution in [-0.4, -0.2) is 41.0 Å². The predicted molar refractivity (Wildman–Crippen MR) is 75.1 cm³/mol. The lowest BCUT2D eigenvalue weighted by atomic mass is 9.82. The number of nitrogens with zero attached hydrogens (tertiary/aromatic N) is 1. The van der Waals surface area contributed by atoms with Gasteiger partial charge in [0.05, 0.1) is 0 Å². The number of nitrogens with one attached hydrogen (secondary N) is 2. The number of ether oxygens (including phenoxy) is 1. The van der Waals surface area contributed by atoms with E-state index in [1.807, 2.05) is 0 Å². The standard InChI is InChI=1S/C14H19N3O5/c1-2-6-11(19)22-9-10(18)16-17-12(20)14(15-13(17)21)7-4-3-5-8-14/h2,6H,3-5,7-9H2,1H3,(H,15,21)(H,16,18)/b6-2+. The fourth-order valence-electron chi connectivity index (χ4n) is 2.69. The highest BCUT2D eigenvalue weighted by Gasteiger charge is 2.52. The summed E-state index contributed by atoms with van der Waals surface area (Å²) in [5.74, 6) is -1.86. The van der Waals surface area contributed by atoms with Crippen molar-refractivity contribution in [2.45, 2.75) is 44.6 Å². The maximum Gasteiger partial charge on any atom is 0.344 e. The van der Waals surface area contributed by atoms with E-state index in [2.05, 4.69) is 15.5 Å². The summed E-state index contributed by atoms with van der Waals surface area (Å²) in [5.41, 5.74) is 1.28. The van der Waals surface area contributed by atoms with Gasteiger partial charge < -0.3 is 10.1 Å². The van der Waals surface area contributed by atoms with Crippen molar-refractivity contribution in [3.05, 3.63) is 12.2 Å². The molecule has 2 N–H and O–H groups in total. The van der Waals surface area contributed by atoms with E-state index in [9.17, 15) is 19.2 Å². The Hall–Kier alpha value is -2.38. The molecule has 2 fully saturated rings. The van der Waals surface area contributed by atoms with Gasteiger partial charge in [0, 0.05) is 6.08 Å². The van der Waals surface area contributed by atoms with Crippen LogP contribution in [0, 0.1) is 0 Å². The lowest BCUT2D eigenvalue weighted by Gasteiger charge is -2.30. The van der Waals surface area contributed by atoms with Crippen LogP contribution in [0.2, 0.25) is 0 Å². The zero-order valence-electron chi connectivity index (χ0n) is 12.4. The number of hydrazine groups is 1. The number of esters is 1. The Balaban J connectivity index is 1.92. The number of urea groups is 1. The minimum atomic E-state index is -0.899. The third-order valence-corrected chi connectivity index (χ3v) is 3.75. The largest absolute Gasteiger partial charge is 0.452 e. The summed E-state index contributed by atoms with van der Waals surface area (Å²) >= 11 is 0. The normalized spacial score (nSPS) is 20.3. The van der Waals surface area contributed by atoms with Crippen molar-refractivity contribution < 1.29 is 23.9 Å².